The molecule has 2 amide bonds. The molecule has 10 heteroatoms. The van der Waals surface area contributed by atoms with E-state index < -0.39 is 35.0 Å². The van der Waals surface area contributed by atoms with Gasteiger partial charge in [-0.05, 0) is 50.2 Å². The molecule has 0 spiro atoms. The Bertz CT molecular complexity index is 1200. The second kappa shape index (κ2) is 13.6. The van der Waals surface area contributed by atoms with Crippen LogP contribution >= 0.6 is 0 Å². The minimum Gasteiger partial charge on any atom is -0.296 e. The highest BCUT2D eigenvalue weighted by atomic mass is 16.5. The van der Waals surface area contributed by atoms with Crippen molar-refractivity contribution in [3.05, 3.63) is 83.7 Å². The number of hydroxylamine groups is 1. The summed E-state index contributed by atoms with van der Waals surface area (Å²) in [5.74, 6) is 2.73. The zero-order chi connectivity index (χ0) is 27.5. The van der Waals surface area contributed by atoms with Crippen LogP contribution in [0.4, 0.5) is 0 Å². The number of rotatable bonds is 14. The van der Waals surface area contributed by atoms with Crippen molar-refractivity contribution >= 4 is 17.6 Å². The number of nitrogens with two attached hydrogens (primary N) is 1. The summed E-state index contributed by atoms with van der Waals surface area (Å²) < 4.78 is 1.33. The van der Waals surface area contributed by atoms with Crippen molar-refractivity contribution in [2.24, 2.45) is 17.2 Å². The van der Waals surface area contributed by atoms with E-state index in [1.807, 2.05) is 67.6 Å². The third-order valence-electron chi connectivity index (χ3n) is 6.89. The monoisotopic (exact) mass is 520 g/mol. The van der Waals surface area contributed by atoms with Gasteiger partial charge in [-0.1, -0.05) is 79.2 Å². The minimum absolute atomic E-state index is 0.0885. The fourth-order valence-electron chi connectivity index (χ4n) is 5.07. The number of carbonyl (C=O) groups excluding carboxylic acids is 3. The van der Waals surface area contributed by atoms with Gasteiger partial charge < -0.3 is 0 Å². The molecule has 0 saturated heterocycles. The molecule has 10 nitrogen and oxygen atoms in total. The number of hydrogen-bond acceptors (Lipinski definition) is 7. The van der Waals surface area contributed by atoms with E-state index in [1.165, 1.54) is 4.68 Å². The molecule has 0 bridgehead atoms. The molecule has 202 valence electrons. The van der Waals surface area contributed by atoms with Gasteiger partial charge in [0.2, 0.25) is 11.8 Å². The van der Waals surface area contributed by atoms with E-state index in [4.69, 9.17) is 5.84 Å². The zero-order valence-corrected chi connectivity index (χ0v) is 21.8. The van der Waals surface area contributed by atoms with Gasteiger partial charge in [0.15, 0.2) is 5.78 Å². The Balaban J connectivity index is 2.07. The Morgan fingerprint density at radius 1 is 1.05 bits per heavy atom. The summed E-state index contributed by atoms with van der Waals surface area (Å²) in [7, 11) is 0. The number of nitrogens with one attached hydrogen (secondary N) is 2. The molecule has 0 aliphatic carbocycles. The number of aryl methyl sites for hydroxylation is 2. The average molecular weight is 521 g/mol. The lowest BCUT2D eigenvalue weighted by Gasteiger charge is -2.36. The van der Waals surface area contributed by atoms with Crippen LogP contribution in [0, 0.1) is 18.3 Å². The van der Waals surface area contributed by atoms with Gasteiger partial charge in [0.1, 0.15) is 11.5 Å². The van der Waals surface area contributed by atoms with Crippen molar-refractivity contribution in [1.82, 2.24) is 25.9 Å². The predicted molar refractivity (Wildman–Crippen MR) is 141 cm³/mol. The van der Waals surface area contributed by atoms with Gasteiger partial charge >= 0.3 is 0 Å². The van der Waals surface area contributed by atoms with Crippen LogP contribution in [0.15, 0.2) is 66.9 Å². The molecule has 0 aliphatic rings. The maximum absolute atomic E-state index is 14.6. The number of amides is 2. The van der Waals surface area contributed by atoms with E-state index in [1.54, 1.807) is 18.6 Å². The van der Waals surface area contributed by atoms with E-state index in [2.05, 4.69) is 15.7 Å². The lowest BCUT2D eigenvalue weighted by molar-refractivity contribution is -0.150. The van der Waals surface area contributed by atoms with Crippen molar-refractivity contribution in [3.63, 3.8) is 0 Å². The summed E-state index contributed by atoms with van der Waals surface area (Å²) in [5.41, 5.74) is 4.74. The third-order valence-corrected chi connectivity index (χ3v) is 6.89. The van der Waals surface area contributed by atoms with E-state index in [-0.39, 0.29) is 19.3 Å². The Labute approximate surface area is 222 Å². The number of ketones is 1. The number of benzene rings is 2. The lowest BCUT2D eigenvalue weighted by atomic mass is 9.69. The highest BCUT2D eigenvalue weighted by molar-refractivity contribution is 6.09. The highest BCUT2D eigenvalue weighted by Gasteiger charge is 2.51. The van der Waals surface area contributed by atoms with E-state index >= 15 is 0 Å². The van der Waals surface area contributed by atoms with E-state index in [0.717, 1.165) is 11.1 Å². The number of hydrazine groups is 1. The van der Waals surface area contributed by atoms with Crippen LogP contribution in [0.2, 0.25) is 0 Å². The van der Waals surface area contributed by atoms with Crippen molar-refractivity contribution < 1.29 is 19.6 Å². The molecule has 1 aromatic heterocycles. The number of hydrogen-bond donors (Lipinski definition) is 4. The summed E-state index contributed by atoms with van der Waals surface area (Å²) in [6.07, 6.45) is 3.85. The first-order valence-electron chi connectivity index (χ1n) is 12.8. The summed E-state index contributed by atoms with van der Waals surface area (Å²) in [5, 5.41) is 17.8. The van der Waals surface area contributed by atoms with Gasteiger partial charge in [-0.25, -0.2) is 16.0 Å². The van der Waals surface area contributed by atoms with Crippen molar-refractivity contribution in [2.45, 2.75) is 58.4 Å². The first-order chi connectivity index (χ1) is 18.4. The quantitative estimate of drug-likeness (QED) is 0.0838. The molecule has 3 atom stereocenters. The van der Waals surface area contributed by atoms with Crippen molar-refractivity contribution in [3.8, 4) is 0 Å². The first-order valence-corrected chi connectivity index (χ1v) is 12.8. The van der Waals surface area contributed by atoms with Gasteiger partial charge in [0.25, 0.3) is 0 Å². The number of aromatic nitrogens is 3. The zero-order valence-electron chi connectivity index (χ0n) is 21.8. The van der Waals surface area contributed by atoms with Gasteiger partial charge in [0, 0.05) is 6.20 Å². The molecule has 3 rings (SSSR count). The van der Waals surface area contributed by atoms with Crippen molar-refractivity contribution in [1.29, 1.82) is 0 Å². The summed E-state index contributed by atoms with van der Waals surface area (Å²) in [4.78, 5) is 41.1. The number of carbonyl (C=O) groups is 3. The van der Waals surface area contributed by atoms with Gasteiger partial charge in [-0.15, -0.1) is 5.10 Å². The van der Waals surface area contributed by atoms with Crippen LogP contribution in [0.3, 0.4) is 0 Å². The average Bonchev–Trinajstić information content (AvgIpc) is 3.37. The smallest absolute Gasteiger partial charge is 0.249 e. The normalized spacial score (nSPS) is 14.2. The molecule has 1 unspecified atom stereocenters. The van der Waals surface area contributed by atoms with Crippen molar-refractivity contribution in [2.75, 3.05) is 0 Å². The molecule has 1 heterocycles. The van der Waals surface area contributed by atoms with E-state index in [9.17, 15) is 19.6 Å². The maximum atomic E-state index is 14.6. The summed E-state index contributed by atoms with van der Waals surface area (Å²) >= 11 is 0. The molecule has 0 fully saturated rings. The van der Waals surface area contributed by atoms with Crippen LogP contribution in [0.25, 0.3) is 0 Å². The second-order valence-electron chi connectivity index (χ2n) is 9.58. The summed E-state index contributed by atoms with van der Waals surface area (Å²) in [6.45, 7) is 3.60. The second-order valence-corrected chi connectivity index (χ2v) is 9.58. The van der Waals surface area contributed by atoms with Crippen LogP contribution in [0.1, 0.15) is 55.5 Å². The number of Topliss-reactive ketones (excluding diaryl/α,β-unsaturated/α-hetero) is 1. The Morgan fingerprint density at radius 3 is 2.21 bits per heavy atom. The molecular weight excluding hydrogens is 484 g/mol. The maximum Gasteiger partial charge on any atom is 0.249 e. The topological polar surface area (TPSA) is 152 Å². The molecular formula is C28H36N6O4. The molecule has 0 saturated carbocycles. The Morgan fingerprint density at radius 2 is 1.68 bits per heavy atom. The molecule has 38 heavy (non-hydrogen) atoms. The van der Waals surface area contributed by atoms with Crippen LogP contribution in [-0.2, 0) is 27.2 Å². The summed E-state index contributed by atoms with van der Waals surface area (Å²) in [6, 6.07) is 17.8. The van der Waals surface area contributed by atoms with Gasteiger partial charge in [-0.3, -0.25) is 25.0 Å². The van der Waals surface area contributed by atoms with Crippen LogP contribution in [0.5, 0.6) is 0 Å². The van der Waals surface area contributed by atoms with Gasteiger partial charge in [-0.2, -0.15) is 0 Å². The van der Waals surface area contributed by atoms with Crippen LogP contribution in [-0.4, -0.2) is 37.8 Å². The molecule has 3 aromatic rings. The molecule has 5 N–H and O–H groups in total. The number of nitrogens with zero attached hydrogens (tertiary/aromatic N) is 3. The SMILES string of the molecule is CCCC(Cc1ccccc1)(C(=O)NN)C(=O)[C@@H]([C@H](CCCc1ccccc1)C(=O)NO)n1cc(C)nn1. The molecule has 0 radical (unpaired) electrons. The Kier molecular flexibility index (Phi) is 10.3. The lowest BCUT2D eigenvalue weighted by Crippen LogP contribution is -2.54. The first kappa shape index (κ1) is 28.7. The largest absolute Gasteiger partial charge is 0.296 e. The molecule has 0 aliphatic heterocycles. The fraction of sp³-hybridized carbons (Fsp3) is 0.393. The standard InChI is InChI=1S/C28H36N6O4/c1-3-17-28(27(37)30-29,18-22-13-8-5-9-14-22)25(35)24(34-19-20(2)31-33-34)23(26(36)32-38)16-10-15-21-11-6-4-7-12-21/h4-9,11-14,19,23-24,38H,3,10,15-18,29H2,1-2H3,(H,30,37)(H,32,36)/t23-,24+,28?/m0/s1. The molecule has 2 aromatic carbocycles. The third kappa shape index (κ3) is 6.70. The highest BCUT2D eigenvalue weighted by Crippen LogP contribution is 2.38. The predicted octanol–water partition coefficient (Wildman–Crippen LogP) is 2.86. The fourth-order valence-corrected chi connectivity index (χ4v) is 5.07. The minimum atomic E-state index is -1.58. The van der Waals surface area contributed by atoms with Gasteiger partial charge in [0.05, 0.1) is 11.6 Å². The van der Waals surface area contributed by atoms with Crippen LogP contribution < -0.4 is 16.7 Å². The van der Waals surface area contributed by atoms with E-state index in [0.29, 0.717) is 25.0 Å². The Hall–Kier alpha value is -3.89.